The fraction of sp³-hybridized carbons (Fsp3) is 1.00. The molecule has 1 saturated heterocycles. The lowest BCUT2D eigenvalue weighted by atomic mass is 9.98. The van der Waals surface area contributed by atoms with E-state index in [2.05, 4.69) is 10.0 Å². The average molecular weight is 219 g/mol. The summed E-state index contributed by atoms with van der Waals surface area (Å²) in [5.74, 6) is 0. The van der Waals surface area contributed by atoms with Crippen molar-refractivity contribution >= 4 is 0 Å². The third-order valence-corrected chi connectivity index (χ3v) is 2.27. The van der Waals surface area contributed by atoms with E-state index in [1.807, 2.05) is 0 Å². The number of azide groups is 1. The van der Waals surface area contributed by atoms with Gasteiger partial charge in [-0.05, 0) is 5.53 Å². The van der Waals surface area contributed by atoms with Crippen LogP contribution >= 0.6 is 0 Å². The molecule has 1 aliphatic rings. The molecule has 0 aliphatic carbocycles. The van der Waals surface area contributed by atoms with Crippen LogP contribution < -0.4 is 0 Å². The van der Waals surface area contributed by atoms with Crippen LogP contribution in [0, 0.1) is 0 Å². The Balaban J connectivity index is 2.83. The minimum absolute atomic E-state index is 0.457. The molecule has 1 fully saturated rings. The number of aliphatic hydroxyl groups is 3. The molecule has 1 heterocycles. The van der Waals surface area contributed by atoms with Crippen molar-refractivity contribution in [2.75, 3.05) is 13.7 Å². The van der Waals surface area contributed by atoms with Gasteiger partial charge in [-0.15, -0.1) is 0 Å². The fourth-order valence-electron chi connectivity index (χ4n) is 1.44. The molecule has 0 aromatic rings. The van der Waals surface area contributed by atoms with Crippen LogP contribution in [0.2, 0.25) is 0 Å². The molecule has 0 aromatic carbocycles. The number of rotatable bonds is 3. The number of ether oxygens (including phenoxy) is 2. The monoisotopic (exact) mass is 219 g/mol. The van der Waals surface area contributed by atoms with Gasteiger partial charge in [0.05, 0.1) is 12.7 Å². The summed E-state index contributed by atoms with van der Waals surface area (Å²) in [6.07, 6.45) is -4.56. The first-order valence-corrected chi connectivity index (χ1v) is 4.35. The minimum atomic E-state index is -1.32. The predicted molar refractivity (Wildman–Crippen MR) is 47.7 cm³/mol. The quantitative estimate of drug-likeness (QED) is 0.310. The molecule has 0 saturated carbocycles. The van der Waals surface area contributed by atoms with Crippen molar-refractivity contribution in [2.24, 2.45) is 5.11 Å². The molecule has 86 valence electrons. The van der Waals surface area contributed by atoms with E-state index in [1.54, 1.807) is 0 Å². The highest BCUT2D eigenvalue weighted by Gasteiger charge is 2.43. The van der Waals surface area contributed by atoms with Gasteiger partial charge in [-0.2, -0.15) is 0 Å². The Labute approximate surface area is 85.7 Å². The van der Waals surface area contributed by atoms with E-state index < -0.39 is 37.3 Å². The Hall–Kier alpha value is -0.890. The van der Waals surface area contributed by atoms with Crippen LogP contribution in [-0.4, -0.2) is 59.7 Å². The molecule has 8 nitrogen and oxygen atoms in total. The fourth-order valence-corrected chi connectivity index (χ4v) is 1.44. The summed E-state index contributed by atoms with van der Waals surface area (Å²) < 4.78 is 9.92. The van der Waals surface area contributed by atoms with Gasteiger partial charge in [-0.1, -0.05) is 5.11 Å². The van der Waals surface area contributed by atoms with Crippen LogP contribution in [0.1, 0.15) is 0 Å². The molecule has 0 spiro atoms. The Morgan fingerprint density at radius 2 is 2.13 bits per heavy atom. The zero-order valence-corrected chi connectivity index (χ0v) is 8.09. The number of hydrogen-bond acceptors (Lipinski definition) is 6. The molecule has 0 radical (unpaired) electrons. The van der Waals surface area contributed by atoms with Crippen molar-refractivity contribution in [3.63, 3.8) is 0 Å². The highest BCUT2D eigenvalue weighted by atomic mass is 16.7. The molecule has 5 atom stereocenters. The Bertz CT molecular complexity index is 255. The number of nitrogens with zero attached hydrogens (tertiary/aromatic N) is 3. The average Bonchev–Trinajstić information content (AvgIpc) is 2.25. The zero-order valence-electron chi connectivity index (χ0n) is 8.09. The highest BCUT2D eigenvalue weighted by molar-refractivity contribution is 4.93. The second-order valence-electron chi connectivity index (χ2n) is 3.14. The third kappa shape index (κ3) is 2.37. The summed E-state index contributed by atoms with van der Waals surface area (Å²) in [5.41, 5.74) is 8.26. The molecule has 1 rings (SSSR count). The van der Waals surface area contributed by atoms with Gasteiger partial charge in [0.25, 0.3) is 0 Å². The van der Waals surface area contributed by atoms with Crippen molar-refractivity contribution in [3.05, 3.63) is 10.4 Å². The number of aliphatic hydroxyl groups excluding tert-OH is 3. The van der Waals surface area contributed by atoms with Crippen LogP contribution in [0.4, 0.5) is 0 Å². The van der Waals surface area contributed by atoms with Gasteiger partial charge < -0.3 is 24.8 Å². The van der Waals surface area contributed by atoms with Crippen LogP contribution in [0.25, 0.3) is 10.4 Å². The predicted octanol–water partition coefficient (Wildman–Crippen LogP) is -1.25. The lowest BCUT2D eigenvalue weighted by Crippen LogP contribution is -2.58. The van der Waals surface area contributed by atoms with Crippen LogP contribution in [-0.2, 0) is 9.47 Å². The van der Waals surface area contributed by atoms with E-state index in [4.69, 9.17) is 20.1 Å². The second kappa shape index (κ2) is 5.26. The van der Waals surface area contributed by atoms with Crippen molar-refractivity contribution in [1.82, 2.24) is 0 Å². The van der Waals surface area contributed by atoms with E-state index in [0.29, 0.717) is 0 Å². The van der Waals surface area contributed by atoms with Crippen LogP contribution in [0.3, 0.4) is 0 Å². The van der Waals surface area contributed by atoms with E-state index in [9.17, 15) is 10.2 Å². The van der Waals surface area contributed by atoms with E-state index in [1.165, 1.54) is 7.11 Å². The standard InChI is InChI=1S/C7H13N3O5/c1-14-7-4(9-10-8)6(13)5(12)3(2-11)15-7/h3-7,11-13H,2H2,1H3/t3?,4?,5-,6+,7?/m0/s1. The number of methoxy groups -OCH3 is 1. The van der Waals surface area contributed by atoms with E-state index in [-0.39, 0.29) is 0 Å². The first kappa shape index (κ1) is 12.2. The molecule has 1 aliphatic heterocycles. The minimum Gasteiger partial charge on any atom is -0.394 e. The molecular weight excluding hydrogens is 206 g/mol. The molecule has 3 unspecified atom stereocenters. The maximum atomic E-state index is 9.59. The topological polar surface area (TPSA) is 128 Å². The summed E-state index contributed by atoms with van der Waals surface area (Å²) in [6.45, 7) is -0.457. The van der Waals surface area contributed by atoms with Gasteiger partial charge >= 0.3 is 0 Å². The SMILES string of the molecule is COC1OC(CO)[C@H](O)[C@H](O)C1N=[N+]=[N-]. The molecular formula is C7H13N3O5. The molecule has 0 amide bonds. The van der Waals surface area contributed by atoms with Crippen molar-refractivity contribution in [3.8, 4) is 0 Å². The third-order valence-electron chi connectivity index (χ3n) is 2.27. The van der Waals surface area contributed by atoms with Gasteiger partial charge in [0.15, 0.2) is 6.29 Å². The first-order chi connectivity index (χ1) is 7.15. The summed E-state index contributed by atoms with van der Waals surface area (Å²) >= 11 is 0. The Kier molecular flexibility index (Phi) is 4.28. The van der Waals surface area contributed by atoms with Crippen LogP contribution in [0.15, 0.2) is 5.11 Å². The lowest BCUT2D eigenvalue weighted by molar-refractivity contribution is -0.257. The van der Waals surface area contributed by atoms with Crippen molar-refractivity contribution in [1.29, 1.82) is 0 Å². The van der Waals surface area contributed by atoms with Crippen LogP contribution in [0.5, 0.6) is 0 Å². The van der Waals surface area contributed by atoms with E-state index >= 15 is 0 Å². The van der Waals surface area contributed by atoms with Crippen molar-refractivity contribution in [2.45, 2.75) is 30.6 Å². The maximum Gasteiger partial charge on any atom is 0.168 e. The summed E-state index contributed by atoms with van der Waals surface area (Å²) in [5, 5.41) is 31.2. The van der Waals surface area contributed by atoms with Gasteiger partial charge in [0.2, 0.25) is 0 Å². The smallest absolute Gasteiger partial charge is 0.168 e. The molecule has 15 heavy (non-hydrogen) atoms. The summed E-state index contributed by atoms with van der Waals surface area (Å²) in [4.78, 5) is 2.52. The van der Waals surface area contributed by atoms with E-state index in [0.717, 1.165) is 0 Å². The van der Waals surface area contributed by atoms with Gasteiger partial charge in [0, 0.05) is 12.0 Å². The van der Waals surface area contributed by atoms with Gasteiger partial charge in [-0.25, -0.2) is 0 Å². The van der Waals surface area contributed by atoms with Gasteiger partial charge in [0.1, 0.15) is 18.2 Å². The molecule has 3 N–H and O–H groups in total. The second-order valence-corrected chi connectivity index (χ2v) is 3.14. The Morgan fingerprint density at radius 3 is 2.60 bits per heavy atom. The molecule has 0 bridgehead atoms. The number of hydrogen-bond donors (Lipinski definition) is 3. The summed E-state index contributed by atoms with van der Waals surface area (Å²) in [7, 11) is 1.31. The molecule has 0 aromatic heterocycles. The van der Waals surface area contributed by atoms with Gasteiger partial charge in [-0.3, -0.25) is 0 Å². The normalized spacial score (nSPS) is 40.9. The maximum absolute atomic E-state index is 9.59. The Morgan fingerprint density at radius 1 is 1.47 bits per heavy atom. The summed E-state index contributed by atoms with van der Waals surface area (Å²) in [6, 6.07) is -1.03. The lowest BCUT2D eigenvalue weighted by Gasteiger charge is -2.39. The molecule has 8 heteroatoms. The van der Waals surface area contributed by atoms with Crippen molar-refractivity contribution < 1.29 is 24.8 Å². The highest BCUT2D eigenvalue weighted by Crippen LogP contribution is 2.23. The first-order valence-electron chi connectivity index (χ1n) is 4.35. The zero-order chi connectivity index (χ0) is 11.4. The largest absolute Gasteiger partial charge is 0.394 e.